The van der Waals surface area contributed by atoms with Crippen LogP contribution in [-0.2, 0) is 12.7 Å². The zero-order valence-corrected chi connectivity index (χ0v) is 15.5. The van der Waals surface area contributed by atoms with E-state index in [0.717, 1.165) is 24.3 Å². The van der Waals surface area contributed by atoms with Crippen molar-refractivity contribution in [3.63, 3.8) is 0 Å². The number of anilines is 1. The summed E-state index contributed by atoms with van der Waals surface area (Å²) in [6, 6.07) is 13.3. The molecule has 0 amide bonds. The quantitative estimate of drug-likeness (QED) is 0.409. The van der Waals surface area contributed by atoms with E-state index in [9.17, 15) is 30.7 Å². The van der Waals surface area contributed by atoms with Crippen LogP contribution in [0.25, 0.3) is 0 Å². The molecule has 31 heavy (non-hydrogen) atoms. The summed E-state index contributed by atoms with van der Waals surface area (Å²) in [7, 11) is 0. The van der Waals surface area contributed by atoms with Crippen molar-refractivity contribution < 1.29 is 40.2 Å². The first-order valence-electron chi connectivity index (χ1n) is 8.72. The maximum Gasteiger partial charge on any atom is 0.573 e. The Balaban J connectivity index is 1.69. The maximum absolute atomic E-state index is 13.5. The normalized spacial score (nSPS) is 11.8. The molecule has 0 heterocycles. The van der Waals surface area contributed by atoms with Crippen LogP contribution >= 0.6 is 0 Å². The number of benzene rings is 3. The van der Waals surface area contributed by atoms with E-state index in [1.807, 2.05) is 0 Å². The minimum absolute atomic E-state index is 0.0793. The van der Waals surface area contributed by atoms with E-state index in [-0.39, 0.29) is 23.6 Å². The molecule has 3 rings (SSSR count). The van der Waals surface area contributed by atoms with E-state index in [0.29, 0.717) is 11.8 Å². The molecule has 0 saturated carbocycles. The molecule has 0 radical (unpaired) electrons. The first-order chi connectivity index (χ1) is 14.5. The van der Waals surface area contributed by atoms with Gasteiger partial charge in [0.2, 0.25) is 0 Å². The largest absolute Gasteiger partial charge is 0.573 e. The molecule has 0 aliphatic rings. The first kappa shape index (κ1) is 22.3. The molecular weight excluding hydrogens is 431 g/mol. The molecule has 0 fully saturated rings. The molecule has 164 valence electrons. The molecule has 3 aromatic rings. The highest BCUT2D eigenvalue weighted by molar-refractivity contribution is 5.50. The third-order valence-corrected chi connectivity index (χ3v) is 3.89. The summed E-state index contributed by atoms with van der Waals surface area (Å²) in [5.41, 5.74) is -0.573. The van der Waals surface area contributed by atoms with E-state index < -0.39 is 29.7 Å². The second kappa shape index (κ2) is 8.75. The second-order valence-electron chi connectivity index (χ2n) is 6.35. The fourth-order valence-corrected chi connectivity index (χ4v) is 2.66. The van der Waals surface area contributed by atoms with Gasteiger partial charge in [0.15, 0.2) is 0 Å². The Kier molecular flexibility index (Phi) is 6.28. The standard InChI is InChI=1S/C21H14F7NO2/c22-15-8-13(7-14(9-15)20(23,24)25)12-29-16-3-1-4-17(10-16)30-18-5-2-6-19(11-18)31-21(26,27)28/h1-11,29H,12H2. The van der Waals surface area contributed by atoms with Gasteiger partial charge >= 0.3 is 12.5 Å². The fourth-order valence-electron chi connectivity index (χ4n) is 2.66. The van der Waals surface area contributed by atoms with Crippen LogP contribution in [0.5, 0.6) is 17.2 Å². The van der Waals surface area contributed by atoms with Gasteiger partial charge in [-0.15, -0.1) is 13.2 Å². The number of hydrogen-bond donors (Lipinski definition) is 1. The molecule has 0 bridgehead atoms. The molecule has 3 nitrogen and oxygen atoms in total. The fraction of sp³-hybridized carbons (Fsp3) is 0.143. The minimum Gasteiger partial charge on any atom is -0.457 e. The van der Waals surface area contributed by atoms with Gasteiger partial charge in [-0.1, -0.05) is 12.1 Å². The maximum atomic E-state index is 13.5. The highest BCUT2D eigenvalue weighted by Crippen LogP contribution is 2.32. The SMILES string of the molecule is Fc1cc(CNc2cccc(Oc3cccc(OC(F)(F)F)c3)c2)cc(C(F)(F)F)c1. The molecule has 0 aliphatic carbocycles. The molecule has 0 unspecified atom stereocenters. The van der Waals surface area contributed by atoms with Crippen LogP contribution in [0, 0.1) is 5.82 Å². The van der Waals surface area contributed by atoms with Crippen LogP contribution in [-0.4, -0.2) is 6.36 Å². The number of rotatable bonds is 6. The molecule has 10 heteroatoms. The first-order valence-corrected chi connectivity index (χ1v) is 8.72. The van der Waals surface area contributed by atoms with Crippen LogP contribution in [0.15, 0.2) is 66.7 Å². The van der Waals surface area contributed by atoms with Crippen LogP contribution in [0.2, 0.25) is 0 Å². The Morgan fingerprint density at radius 2 is 1.39 bits per heavy atom. The van der Waals surface area contributed by atoms with Crippen molar-refractivity contribution >= 4 is 5.69 Å². The summed E-state index contributed by atoms with van der Waals surface area (Å²) in [6.07, 6.45) is -9.51. The summed E-state index contributed by atoms with van der Waals surface area (Å²) in [6.45, 7) is -0.0980. The number of alkyl halides is 6. The number of halogens is 7. The molecule has 0 aromatic heterocycles. The van der Waals surface area contributed by atoms with Gasteiger partial charge in [-0.25, -0.2) is 4.39 Å². The highest BCUT2D eigenvalue weighted by Gasteiger charge is 2.32. The highest BCUT2D eigenvalue weighted by atomic mass is 19.4. The third-order valence-electron chi connectivity index (χ3n) is 3.89. The van der Waals surface area contributed by atoms with Crippen LogP contribution in [0.1, 0.15) is 11.1 Å². The van der Waals surface area contributed by atoms with E-state index in [2.05, 4.69) is 10.1 Å². The number of ether oxygens (including phenoxy) is 2. The Labute approximate surface area is 172 Å². The lowest BCUT2D eigenvalue weighted by atomic mass is 10.1. The average molecular weight is 445 g/mol. The molecule has 0 aliphatic heterocycles. The lowest BCUT2D eigenvalue weighted by Gasteiger charge is -2.13. The van der Waals surface area contributed by atoms with Crippen molar-refractivity contribution in [1.82, 2.24) is 0 Å². The van der Waals surface area contributed by atoms with E-state index in [1.54, 1.807) is 12.1 Å². The summed E-state index contributed by atoms with van der Waals surface area (Å²) < 4.78 is 98.3. The summed E-state index contributed by atoms with van der Waals surface area (Å²) >= 11 is 0. The van der Waals surface area contributed by atoms with Crippen molar-refractivity contribution in [3.05, 3.63) is 83.7 Å². The Bertz CT molecular complexity index is 1050. The van der Waals surface area contributed by atoms with Crippen LogP contribution in [0.4, 0.5) is 36.4 Å². The van der Waals surface area contributed by atoms with Gasteiger partial charge in [0.05, 0.1) is 5.56 Å². The number of nitrogens with one attached hydrogen (secondary N) is 1. The van der Waals surface area contributed by atoms with Crippen molar-refractivity contribution in [2.75, 3.05) is 5.32 Å². The van der Waals surface area contributed by atoms with Gasteiger partial charge in [-0.05, 0) is 48.0 Å². The zero-order chi connectivity index (χ0) is 22.6. The van der Waals surface area contributed by atoms with Crippen molar-refractivity contribution in [3.8, 4) is 17.2 Å². The smallest absolute Gasteiger partial charge is 0.457 e. The van der Waals surface area contributed by atoms with Gasteiger partial charge in [0, 0.05) is 24.4 Å². The van der Waals surface area contributed by atoms with Crippen molar-refractivity contribution in [2.45, 2.75) is 19.1 Å². The summed E-state index contributed by atoms with van der Waals surface area (Å²) in [5, 5.41) is 2.85. The molecule has 1 N–H and O–H groups in total. The molecule has 0 saturated heterocycles. The van der Waals surface area contributed by atoms with Gasteiger partial charge < -0.3 is 14.8 Å². The Morgan fingerprint density at radius 3 is 2.06 bits per heavy atom. The molecule has 0 atom stereocenters. The van der Waals surface area contributed by atoms with E-state index in [1.165, 1.54) is 24.3 Å². The average Bonchev–Trinajstić information content (AvgIpc) is 2.64. The lowest BCUT2D eigenvalue weighted by Crippen LogP contribution is -2.17. The molecule has 0 spiro atoms. The van der Waals surface area contributed by atoms with E-state index in [4.69, 9.17) is 4.74 Å². The Hall–Kier alpha value is -3.43. The monoisotopic (exact) mass is 445 g/mol. The zero-order valence-electron chi connectivity index (χ0n) is 15.5. The van der Waals surface area contributed by atoms with Crippen LogP contribution < -0.4 is 14.8 Å². The predicted molar refractivity (Wildman–Crippen MR) is 98.4 cm³/mol. The summed E-state index contributed by atoms with van der Waals surface area (Å²) in [5.74, 6) is -1.13. The van der Waals surface area contributed by atoms with Gasteiger partial charge in [0.25, 0.3) is 0 Å². The minimum atomic E-state index is -4.84. The molecular formula is C21H14F7NO2. The van der Waals surface area contributed by atoms with Crippen molar-refractivity contribution in [2.24, 2.45) is 0 Å². The second-order valence-corrected chi connectivity index (χ2v) is 6.35. The molecule has 3 aromatic carbocycles. The third kappa shape index (κ3) is 6.80. The van der Waals surface area contributed by atoms with E-state index >= 15 is 0 Å². The van der Waals surface area contributed by atoms with Gasteiger partial charge in [-0.3, -0.25) is 0 Å². The van der Waals surface area contributed by atoms with Crippen molar-refractivity contribution in [1.29, 1.82) is 0 Å². The van der Waals surface area contributed by atoms with Gasteiger partial charge in [-0.2, -0.15) is 13.2 Å². The topological polar surface area (TPSA) is 30.5 Å². The Morgan fingerprint density at radius 1 is 0.742 bits per heavy atom. The predicted octanol–water partition coefficient (Wildman–Crippen LogP) is 7.15. The van der Waals surface area contributed by atoms with Crippen LogP contribution in [0.3, 0.4) is 0 Å². The number of hydrogen-bond acceptors (Lipinski definition) is 3. The lowest BCUT2D eigenvalue weighted by molar-refractivity contribution is -0.274. The van der Waals surface area contributed by atoms with Gasteiger partial charge in [0.1, 0.15) is 23.1 Å². The summed E-state index contributed by atoms with van der Waals surface area (Å²) in [4.78, 5) is 0.